The van der Waals surface area contributed by atoms with Gasteiger partial charge in [-0.1, -0.05) is 23.9 Å². The summed E-state index contributed by atoms with van der Waals surface area (Å²) in [5.74, 6) is 1.39. The van der Waals surface area contributed by atoms with E-state index >= 15 is 0 Å². The monoisotopic (exact) mass is 371 g/mol. The first-order chi connectivity index (χ1) is 12.6. The Bertz CT molecular complexity index is 744. The molecule has 0 saturated carbocycles. The molecule has 1 fully saturated rings. The van der Waals surface area contributed by atoms with Crippen molar-refractivity contribution in [2.75, 3.05) is 18.9 Å². The summed E-state index contributed by atoms with van der Waals surface area (Å²) < 4.78 is 5.51. The van der Waals surface area contributed by atoms with Gasteiger partial charge in [-0.3, -0.25) is 4.79 Å². The maximum Gasteiger partial charge on any atom is 0.233 e. The van der Waals surface area contributed by atoms with Crippen molar-refractivity contribution in [1.82, 2.24) is 14.9 Å². The highest BCUT2D eigenvalue weighted by Gasteiger charge is 2.29. The van der Waals surface area contributed by atoms with Crippen molar-refractivity contribution >= 4 is 17.7 Å². The SMILES string of the molecule is CCOc1ccc(C2CCCN2C(=O)CSc2nc(C)cc(C)n2)cc1. The quantitative estimate of drug-likeness (QED) is 0.568. The van der Waals surface area contributed by atoms with Gasteiger partial charge in [0.05, 0.1) is 18.4 Å². The molecule has 2 heterocycles. The molecule has 0 bridgehead atoms. The first-order valence-corrected chi connectivity index (χ1v) is 10.0. The largest absolute Gasteiger partial charge is 0.494 e. The van der Waals surface area contributed by atoms with Crippen LogP contribution in [0.25, 0.3) is 0 Å². The maximum absolute atomic E-state index is 12.8. The van der Waals surface area contributed by atoms with Crippen molar-refractivity contribution in [3.8, 4) is 5.75 Å². The molecule has 5 nitrogen and oxygen atoms in total. The van der Waals surface area contributed by atoms with Gasteiger partial charge in [-0.25, -0.2) is 9.97 Å². The fraction of sp³-hybridized carbons (Fsp3) is 0.450. The summed E-state index contributed by atoms with van der Waals surface area (Å²) in [6, 6.07) is 10.2. The normalized spacial score (nSPS) is 16.7. The predicted molar refractivity (Wildman–Crippen MR) is 104 cm³/mol. The predicted octanol–water partition coefficient (Wildman–Crippen LogP) is 3.95. The van der Waals surface area contributed by atoms with E-state index in [2.05, 4.69) is 22.1 Å². The van der Waals surface area contributed by atoms with Crippen molar-refractivity contribution in [1.29, 1.82) is 0 Å². The fourth-order valence-electron chi connectivity index (χ4n) is 3.33. The summed E-state index contributed by atoms with van der Waals surface area (Å²) in [6.07, 6.45) is 2.04. The molecular weight excluding hydrogens is 346 g/mol. The number of carbonyl (C=O) groups is 1. The third kappa shape index (κ3) is 4.55. The van der Waals surface area contributed by atoms with E-state index in [0.717, 1.165) is 36.5 Å². The molecule has 1 atom stereocenters. The lowest BCUT2D eigenvalue weighted by Crippen LogP contribution is -2.32. The number of ether oxygens (including phenoxy) is 1. The van der Waals surface area contributed by atoms with Gasteiger partial charge in [0.15, 0.2) is 5.16 Å². The minimum Gasteiger partial charge on any atom is -0.494 e. The Labute approximate surface area is 159 Å². The third-order valence-electron chi connectivity index (χ3n) is 4.44. The van der Waals surface area contributed by atoms with Crippen LogP contribution < -0.4 is 4.74 Å². The molecule has 0 N–H and O–H groups in total. The second-order valence-corrected chi connectivity index (χ2v) is 7.41. The van der Waals surface area contributed by atoms with Crippen LogP contribution in [0.4, 0.5) is 0 Å². The summed E-state index contributed by atoms with van der Waals surface area (Å²) in [6.45, 7) is 7.34. The highest BCUT2D eigenvalue weighted by molar-refractivity contribution is 7.99. The molecule has 1 amide bonds. The number of hydrogen-bond acceptors (Lipinski definition) is 5. The first kappa shape index (κ1) is 18.7. The molecular formula is C20H25N3O2S. The van der Waals surface area contributed by atoms with Crippen LogP contribution in [0, 0.1) is 13.8 Å². The van der Waals surface area contributed by atoms with Gasteiger partial charge in [-0.2, -0.15) is 0 Å². The number of amides is 1. The van der Waals surface area contributed by atoms with E-state index in [1.54, 1.807) is 0 Å². The second kappa shape index (κ2) is 8.54. The molecule has 1 saturated heterocycles. The van der Waals surface area contributed by atoms with Crippen LogP contribution in [0.15, 0.2) is 35.5 Å². The van der Waals surface area contributed by atoms with E-state index in [4.69, 9.17) is 4.74 Å². The standard InChI is InChI=1S/C20H25N3O2S/c1-4-25-17-9-7-16(8-10-17)18-6-5-11-23(18)19(24)13-26-20-21-14(2)12-15(3)22-20/h7-10,12,18H,4-6,11,13H2,1-3H3. The van der Waals surface area contributed by atoms with Crippen LogP contribution >= 0.6 is 11.8 Å². The molecule has 3 rings (SSSR count). The lowest BCUT2D eigenvalue weighted by atomic mass is 10.0. The van der Waals surface area contributed by atoms with Crippen LogP contribution in [-0.4, -0.2) is 39.7 Å². The van der Waals surface area contributed by atoms with E-state index in [9.17, 15) is 4.79 Å². The number of benzene rings is 1. The lowest BCUT2D eigenvalue weighted by molar-refractivity contribution is -0.129. The van der Waals surface area contributed by atoms with Gasteiger partial charge in [0.1, 0.15) is 5.75 Å². The average Bonchev–Trinajstić information content (AvgIpc) is 3.10. The molecule has 1 unspecified atom stereocenters. The molecule has 6 heteroatoms. The average molecular weight is 372 g/mol. The first-order valence-electron chi connectivity index (χ1n) is 9.04. The van der Waals surface area contributed by atoms with Crippen LogP contribution in [0.3, 0.4) is 0 Å². The number of rotatable bonds is 6. The van der Waals surface area contributed by atoms with Gasteiger partial charge in [0, 0.05) is 17.9 Å². The highest BCUT2D eigenvalue weighted by atomic mass is 32.2. The molecule has 0 spiro atoms. The van der Waals surface area contributed by atoms with Gasteiger partial charge in [-0.05, 0) is 57.4 Å². The number of aromatic nitrogens is 2. The van der Waals surface area contributed by atoms with E-state index in [1.165, 1.54) is 17.3 Å². The van der Waals surface area contributed by atoms with Crippen LogP contribution in [0.5, 0.6) is 5.75 Å². The number of hydrogen-bond donors (Lipinski definition) is 0. The van der Waals surface area contributed by atoms with Gasteiger partial charge in [0.2, 0.25) is 5.91 Å². The Morgan fingerprint density at radius 1 is 1.23 bits per heavy atom. The van der Waals surface area contributed by atoms with Crippen LogP contribution in [0.1, 0.15) is 42.8 Å². The van der Waals surface area contributed by atoms with E-state index < -0.39 is 0 Å². The van der Waals surface area contributed by atoms with Crippen molar-refractivity contribution in [3.63, 3.8) is 0 Å². The minimum absolute atomic E-state index is 0.147. The molecule has 26 heavy (non-hydrogen) atoms. The third-order valence-corrected chi connectivity index (χ3v) is 5.27. The van der Waals surface area contributed by atoms with Crippen LogP contribution in [0.2, 0.25) is 0 Å². The summed E-state index contributed by atoms with van der Waals surface area (Å²) in [7, 11) is 0. The second-order valence-electron chi connectivity index (χ2n) is 6.47. The summed E-state index contributed by atoms with van der Waals surface area (Å²) >= 11 is 1.42. The van der Waals surface area contributed by atoms with E-state index in [1.807, 2.05) is 43.9 Å². The number of thioether (sulfide) groups is 1. The van der Waals surface area contributed by atoms with Gasteiger partial charge in [-0.15, -0.1) is 0 Å². The Hall–Kier alpha value is -2.08. The fourth-order valence-corrected chi connectivity index (χ4v) is 4.17. The van der Waals surface area contributed by atoms with Gasteiger partial charge >= 0.3 is 0 Å². The molecule has 0 radical (unpaired) electrons. The molecule has 1 aliphatic rings. The number of carbonyl (C=O) groups excluding carboxylic acids is 1. The smallest absolute Gasteiger partial charge is 0.233 e. The van der Waals surface area contributed by atoms with Gasteiger partial charge in [0.25, 0.3) is 0 Å². The Balaban J connectivity index is 1.64. The molecule has 0 aliphatic carbocycles. The highest BCUT2D eigenvalue weighted by Crippen LogP contribution is 2.33. The Morgan fingerprint density at radius 3 is 2.58 bits per heavy atom. The zero-order chi connectivity index (χ0) is 18.5. The van der Waals surface area contributed by atoms with Crippen molar-refractivity contribution in [3.05, 3.63) is 47.3 Å². The van der Waals surface area contributed by atoms with E-state index in [-0.39, 0.29) is 11.9 Å². The van der Waals surface area contributed by atoms with Crippen molar-refractivity contribution in [2.24, 2.45) is 0 Å². The van der Waals surface area contributed by atoms with Crippen molar-refractivity contribution < 1.29 is 9.53 Å². The van der Waals surface area contributed by atoms with Crippen molar-refractivity contribution in [2.45, 2.75) is 44.8 Å². The number of nitrogens with zero attached hydrogens (tertiary/aromatic N) is 3. The lowest BCUT2D eigenvalue weighted by Gasteiger charge is -2.25. The van der Waals surface area contributed by atoms with E-state index in [0.29, 0.717) is 17.5 Å². The molecule has 1 aromatic heterocycles. The molecule has 2 aromatic rings. The summed E-state index contributed by atoms with van der Waals surface area (Å²) in [5, 5.41) is 0.674. The Morgan fingerprint density at radius 2 is 1.92 bits per heavy atom. The molecule has 1 aliphatic heterocycles. The van der Waals surface area contributed by atoms with Gasteiger partial charge < -0.3 is 9.64 Å². The summed E-state index contributed by atoms with van der Waals surface area (Å²) in [4.78, 5) is 23.6. The minimum atomic E-state index is 0.147. The molecule has 1 aromatic carbocycles. The number of aryl methyl sites for hydroxylation is 2. The topological polar surface area (TPSA) is 55.3 Å². The summed E-state index contributed by atoms with van der Waals surface area (Å²) in [5.41, 5.74) is 3.04. The Kier molecular flexibility index (Phi) is 6.14. The zero-order valence-electron chi connectivity index (χ0n) is 15.6. The molecule has 138 valence electrons. The zero-order valence-corrected chi connectivity index (χ0v) is 16.4. The van der Waals surface area contributed by atoms with Crippen LogP contribution in [-0.2, 0) is 4.79 Å². The number of likely N-dealkylation sites (tertiary alicyclic amines) is 1. The maximum atomic E-state index is 12.8.